The minimum atomic E-state index is 0.132. The van der Waals surface area contributed by atoms with E-state index in [4.69, 9.17) is 4.74 Å². The monoisotopic (exact) mass is 178 g/mol. The molecule has 4 aliphatic rings. The van der Waals surface area contributed by atoms with E-state index >= 15 is 0 Å². The van der Waals surface area contributed by atoms with Gasteiger partial charge in [-0.3, -0.25) is 4.79 Å². The number of rotatable bonds is 0. The molecule has 0 N–H and O–H groups in total. The van der Waals surface area contributed by atoms with Gasteiger partial charge in [-0.25, -0.2) is 0 Å². The van der Waals surface area contributed by atoms with Gasteiger partial charge in [-0.2, -0.15) is 0 Å². The third-order valence-electron chi connectivity index (χ3n) is 5.09. The van der Waals surface area contributed by atoms with Crippen LogP contribution in [-0.4, -0.2) is 12.1 Å². The van der Waals surface area contributed by atoms with Crippen molar-refractivity contribution in [2.24, 2.45) is 23.2 Å². The number of carbonyl (C=O) groups is 1. The topological polar surface area (TPSA) is 26.3 Å². The minimum absolute atomic E-state index is 0.132. The molecule has 0 aromatic rings. The third-order valence-corrected chi connectivity index (χ3v) is 5.09. The largest absolute Gasteiger partial charge is 0.462 e. The first-order valence-electron chi connectivity index (χ1n) is 5.48. The van der Waals surface area contributed by atoms with Crippen molar-refractivity contribution >= 4 is 5.97 Å². The fourth-order valence-electron chi connectivity index (χ4n) is 4.66. The average Bonchev–Trinajstić information content (AvgIpc) is 2.29. The summed E-state index contributed by atoms with van der Waals surface area (Å²) in [7, 11) is 0. The van der Waals surface area contributed by atoms with E-state index in [0.29, 0.717) is 17.4 Å². The molecule has 2 nitrogen and oxygen atoms in total. The smallest absolute Gasteiger partial charge is 0.309 e. The highest BCUT2D eigenvalue weighted by Crippen LogP contribution is 2.70. The van der Waals surface area contributed by atoms with E-state index in [9.17, 15) is 4.79 Å². The first kappa shape index (κ1) is 6.86. The minimum Gasteiger partial charge on any atom is -0.462 e. The molecule has 5 unspecified atom stereocenters. The molecule has 2 heteroatoms. The number of esters is 1. The van der Waals surface area contributed by atoms with Crippen molar-refractivity contribution in [3.63, 3.8) is 0 Å². The van der Waals surface area contributed by atoms with Crippen LogP contribution in [0.4, 0.5) is 0 Å². The first-order valence-corrected chi connectivity index (χ1v) is 5.48. The molecule has 3 saturated carbocycles. The Bertz CT molecular complexity index is 298. The maximum Gasteiger partial charge on any atom is 0.309 e. The summed E-state index contributed by atoms with van der Waals surface area (Å²) in [4.78, 5) is 11.6. The van der Waals surface area contributed by atoms with Crippen LogP contribution < -0.4 is 0 Å². The van der Waals surface area contributed by atoms with Gasteiger partial charge >= 0.3 is 5.97 Å². The van der Waals surface area contributed by atoms with E-state index in [0.717, 1.165) is 24.7 Å². The predicted octanol–water partition coefficient (Wildman–Crippen LogP) is 1.74. The first-order chi connectivity index (χ1) is 6.28. The molecule has 0 aromatic heterocycles. The summed E-state index contributed by atoms with van der Waals surface area (Å²) >= 11 is 0. The molecule has 3 aliphatic carbocycles. The number of fused-ring (bicyclic) bond motifs is 2. The van der Waals surface area contributed by atoms with Crippen LogP contribution in [0.25, 0.3) is 0 Å². The van der Waals surface area contributed by atoms with Gasteiger partial charge in [0.1, 0.15) is 6.10 Å². The van der Waals surface area contributed by atoms with Gasteiger partial charge in [0.25, 0.3) is 0 Å². The molecule has 0 radical (unpaired) electrons. The van der Waals surface area contributed by atoms with Gasteiger partial charge in [-0.15, -0.1) is 0 Å². The number of ether oxygens (including phenoxy) is 1. The van der Waals surface area contributed by atoms with Crippen LogP contribution in [0.15, 0.2) is 0 Å². The van der Waals surface area contributed by atoms with Crippen LogP contribution in [0.5, 0.6) is 0 Å². The Morgan fingerprint density at radius 1 is 1.23 bits per heavy atom. The van der Waals surface area contributed by atoms with Gasteiger partial charge in [0, 0.05) is 0 Å². The highest BCUT2D eigenvalue weighted by Gasteiger charge is 2.68. The van der Waals surface area contributed by atoms with Crippen molar-refractivity contribution in [3.8, 4) is 0 Å². The zero-order valence-corrected chi connectivity index (χ0v) is 7.66. The Balaban J connectivity index is 1.84. The molecule has 0 amide bonds. The van der Waals surface area contributed by atoms with Crippen molar-refractivity contribution in [1.82, 2.24) is 0 Å². The molecule has 4 fully saturated rings. The van der Waals surface area contributed by atoms with E-state index in [2.05, 4.69) is 0 Å². The van der Waals surface area contributed by atoms with Crippen LogP contribution in [0.3, 0.4) is 0 Å². The SMILES string of the molecule is O=C1OC2CC3CC4CC1C4(C3)C2. The lowest BCUT2D eigenvalue weighted by Gasteiger charge is -2.56. The van der Waals surface area contributed by atoms with Gasteiger partial charge in [-0.1, -0.05) is 0 Å². The van der Waals surface area contributed by atoms with Crippen molar-refractivity contribution in [1.29, 1.82) is 0 Å². The Kier molecular flexibility index (Phi) is 0.946. The van der Waals surface area contributed by atoms with Crippen LogP contribution in [0.1, 0.15) is 32.1 Å². The summed E-state index contributed by atoms with van der Waals surface area (Å²) in [5.41, 5.74) is 0.447. The van der Waals surface area contributed by atoms with E-state index < -0.39 is 0 Å². The lowest BCUT2D eigenvalue weighted by molar-refractivity contribution is -0.200. The van der Waals surface area contributed by atoms with Crippen LogP contribution in [0.2, 0.25) is 0 Å². The van der Waals surface area contributed by atoms with Gasteiger partial charge in [-0.05, 0) is 49.4 Å². The quantitative estimate of drug-likeness (QED) is 0.528. The third kappa shape index (κ3) is 0.598. The molecule has 1 heterocycles. The zero-order chi connectivity index (χ0) is 8.63. The fraction of sp³-hybridized carbons (Fsp3) is 0.909. The second-order valence-corrected chi connectivity index (χ2v) is 5.52. The highest BCUT2D eigenvalue weighted by molar-refractivity contribution is 5.76. The standard InChI is InChI=1S/C11H14O2/c12-10-9-3-7-1-6-2-8(13-10)5-11(7,9)4-6/h6-9H,1-5H2. The van der Waals surface area contributed by atoms with E-state index in [-0.39, 0.29) is 5.97 Å². The average molecular weight is 178 g/mol. The predicted molar refractivity (Wildman–Crippen MR) is 45.9 cm³/mol. The Labute approximate surface area is 77.6 Å². The molecular formula is C11H14O2. The Morgan fingerprint density at radius 3 is 3.08 bits per heavy atom. The van der Waals surface area contributed by atoms with E-state index in [1.54, 1.807) is 0 Å². The second-order valence-electron chi connectivity index (χ2n) is 5.52. The van der Waals surface area contributed by atoms with E-state index in [1.807, 2.05) is 0 Å². The van der Waals surface area contributed by atoms with Crippen LogP contribution in [-0.2, 0) is 9.53 Å². The summed E-state index contributed by atoms with van der Waals surface area (Å²) in [6, 6.07) is 0. The normalized spacial score (nSPS) is 61.4. The molecule has 5 atom stereocenters. The summed E-state index contributed by atoms with van der Waals surface area (Å²) in [5.74, 6) is 2.22. The molecule has 1 saturated heterocycles. The second kappa shape index (κ2) is 1.79. The fourth-order valence-corrected chi connectivity index (χ4v) is 4.66. The lowest BCUT2D eigenvalue weighted by atomic mass is 9.50. The van der Waals surface area contributed by atoms with Gasteiger partial charge in [0.2, 0.25) is 0 Å². The van der Waals surface area contributed by atoms with Gasteiger partial charge in [0.15, 0.2) is 0 Å². The van der Waals surface area contributed by atoms with Crippen LogP contribution in [0, 0.1) is 23.2 Å². The van der Waals surface area contributed by atoms with E-state index in [1.165, 1.54) is 19.3 Å². The highest BCUT2D eigenvalue weighted by atomic mass is 16.5. The van der Waals surface area contributed by atoms with Gasteiger partial charge in [0.05, 0.1) is 5.92 Å². The summed E-state index contributed by atoms with van der Waals surface area (Å²) in [6.07, 6.45) is 6.54. The maximum absolute atomic E-state index is 11.6. The van der Waals surface area contributed by atoms with Crippen molar-refractivity contribution in [3.05, 3.63) is 0 Å². The molecule has 3 bridgehead atoms. The number of carbonyl (C=O) groups excluding carboxylic acids is 1. The Hall–Kier alpha value is -0.530. The molecule has 1 aliphatic heterocycles. The van der Waals surface area contributed by atoms with Crippen molar-refractivity contribution < 1.29 is 9.53 Å². The van der Waals surface area contributed by atoms with Gasteiger partial charge < -0.3 is 4.74 Å². The molecular weight excluding hydrogens is 164 g/mol. The maximum atomic E-state index is 11.6. The summed E-state index contributed by atoms with van der Waals surface area (Å²) in [5, 5.41) is 0. The number of hydrogen-bond donors (Lipinski definition) is 0. The molecule has 70 valence electrons. The van der Waals surface area contributed by atoms with Crippen molar-refractivity contribution in [2.45, 2.75) is 38.2 Å². The number of hydrogen-bond acceptors (Lipinski definition) is 2. The molecule has 4 rings (SSSR count). The van der Waals surface area contributed by atoms with Crippen molar-refractivity contribution in [2.75, 3.05) is 0 Å². The zero-order valence-electron chi connectivity index (χ0n) is 7.66. The molecule has 0 aromatic carbocycles. The summed E-state index contributed by atoms with van der Waals surface area (Å²) < 4.78 is 5.44. The van der Waals surface area contributed by atoms with Crippen LogP contribution >= 0.6 is 0 Å². The summed E-state index contributed by atoms with van der Waals surface area (Å²) in [6.45, 7) is 0. The Morgan fingerprint density at radius 2 is 2.15 bits per heavy atom. The molecule has 1 spiro atoms. The molecule has 13 heavy (non-hydrogen) atoms. The lowest BCUT2D eigenvalue weighted by Crippen LogP contribution is -2.57.